The summed E-state index contributed by atoms with van der Waals surface area (Å²) < 4.78 is 0. The smallest absolute Gasteiger partial charge is 0.186 e. The Balaban J connectivity index is 1.97. The molecular formula is C14H14N2O2S. The van der Waals surface area contributed by atoms with Crippen LogP contribution in [0.15, 0.2) is 36.7 Å². The Morgan fingerprint density at radius 1 is 1.16 bits per heavy atom. The van der Waals surface area contributed by atoms with Gasteiger partial charge in [-0.15, -0.1) is 11.3 Å². The van der Waals surface area contributed by atoms with E-state index in [1.807, 2.05) is 12.1 Å². The maximum Gasteiger partial charge on any atom is 0.186 e. The molecule has 19 heavy (non-hydrogen) atoms. The van der Waals surface area contributed by atoms with Crippen molar-refractivity contribution in [2.45, 2.75) is 12.8 Å². The molecule has 0 radical (unpaired) electrons. The predicted octanol–water partition coefficient (Wildman–Crippen LogP) is 2.10. The van der Waals surface area contributed by atoms with Gasteiger partial charge in [-0.25, -0.2) is 0 Å². The van der Waals surface area contributed by atoms with Crippen LogP contribution in [-0.2, 0) is 6.42 Å². The van der Waals surface area contributed by atoms with Crippen LogP contribution in [0.3, 0.4) is 0 Å². The number of carbonyl (C=O) groups is 2. The number of pyridine rings is 1. The molecule has 0 aliphatic carbocycles. The van der Waals surface area contributed by atoms with Crippen molar-refractivity contribution in [2.75, 3.05) is 6.54 Å². The van der Waals surface area contributed by atoms with Gasteiger partial charge in [-0.1, -0.05) is 6.07 Å². The summed E-state index contributed by atoms with van der Waals surface area (Å²) in [7, 11) is 0. The number of ketones is 2. The van der Waals surface area contributed by atoms with Crippen molar-refractivity contribution in [3.63, 3.8) is 0 Å². The van der Waals surface area contributed by atoms with Gasteiger partial charge in [0, 0.05) is 18.8 Å². The summed E-state index contributed by atoms with van der Waals surface area (Å²) in [6, 6.07) is 7.15. The molecule has 4 nitrogen and oxygen atoms in total. The summed E-state index contributed by atoms with van der Waals surface area (Å²) in [5.41, 5.74) is 6.32. The van der Waals surface area contributed by atoms with Crippen LogP contribution in [0.5, 0.6) is 0 Å². The van der Waals surface area contributed by atoms with Crippen molar-refractivity contribution in [3.8, 4) is 0 Å². The zero-order valence-corrected chi connectivity index (χ0v) is 11.2. The van der Waals surface area contributed by atoms with Crippen LogP contribution in [0.25, 0.3) is 0 Å². The average molecular weight is 274 g/mol. The van der Waals surface area contributed by atoms with Crippen molar-refractivity contribution in [3.05, 3.63) is 52.0 Å². The molecule has 0 saturated heterocycles. The quantitative estimate of drug-likeness (QED) is 0.819. The molecule has 0 spiro atoms. The molecule has 0 atom stereocenters. The highest BCUT2D eigenvalue weighted by Gasteiger charge is 2.12. The molecule has 2 heterocycles. The molecule has 0 aliphatic rings. The van der Waals surface area contributed by atoms with Crippen LogP contribution in [0, 0.1) is 0 Å². The predicted molar refractivity (Wildman–Crippen MR) is 74.6 cm³/mol. The maximum atomic E-state index is 12.0. The lowest BCUT2D eigenvalue weighted by Crippen LogP contribution is -2.11. The van der Waals surface area contributed by atoms with E-state index in [1.54, 1.807) is 24.5 Å². The third-order valence-corrected chi connectivity index (χ3v) is 3.87. The van der Waals surface area contributed by atoms with Gasteiger partial charge in [-0.05, 0) is 30.2 Å². The second-order valence-electron chi connectivity index (χ2n) is 4.08. The lowest BCUT2D eigenvalue weighted by molar-refractivity contribution is 0.0984. The normalized spacial score (nSPS) is 10.4. The van der Waals surface area contributed by atoms with E-state index in [2.05, 4.69) is 4.98 Å². The fraction of sp³-hybridized carbons (Fsp3) is 0.214. The monoisotopic (exact) mass is 274 g/mol. The first-order valence-electron chi connectivity index (χ1n) is 5.96. The van der Waals surface area contributed by atoms with E-state index in [1.165, 1.54) is 11.3 Å². The first kappa shape index (κ1) is 13.6. The second-order valence-corrected chi connectivity index (χ2v) is 5.16. The number of nitrogens with two attached hydrogens (primary N) is 1. The molecular weight excluding hydrogens is 260 g/mol. The number of thiophene rings is 1. The van der Waals surface area contributed by atoms with E-state index < -0.39 is 0 Å². The van der Waals surface area contributed by atoms with Gasteiger partial charge in [-0.3, -0.25) is 14.6 Å². The number of rotatable bonds is 6. The zero-order chi connectivity index (χ0) is 13.7. The third kappa shape index (κ3) is 3.56. The lowest BCUT2D eigenvalue weighted by Gasteiger charge is -1.98. The van der Waals surface area contributed by atoms with Crippen LogP contribution in [0.4, 0.5) is 0 Å². The van der Waals surface area contributed by atoms with Gasteiger partial charge < -0.3 is 5.73 Å². The summed E-state index contributed by atoms with van der Waals surface area (Å²) in [6.07, 6.45) is 4.54. The number of aromatic nitrogens is 1. The first-order chi connectivity index (χ1) is 9.20. The Morgan fingerprint density at radius 2 is 1.89 bits per heavy atom. The molecule has 2 rings (SSSR count). The van der Waals surface area contributed by atoms with Crippen molar-refractivity contribution in [2.24, 2.45) is 5.73 Å². The molecule has 2 aromatic rings. The zero-order valence-electron chi connectivity index (χ0n) is 10.3. The molecule has 0 saturated carbocycles. The molecule has 2 aromatic heterocycles. The van der Waals surface area contributed by atoms with E-state index >= 15 is 0 Å². The Kier molecular flexibility index (Phi) is 4.54. The minimum Gasteiger partial charge on any atom is -0.324 e. The standard InChI is InChI=1S/C14H14N2O2S/c15-8-12(18)14-6-5-13(19-14)11(17)4-3-10-2-1-7-16-9-10/h1-2,5-7,9H,3-4,8,15H2. The van der Waals surface area contributed by atoms with Crippen LogP contribution in [-0.4, -0.2) is 23.1 Å². The van der Waals surface area contributed by atoms with Gasteiger partial charge in [0.25, 0.3) is 0 Å². The van der Waals surface area contributed by atoms with Gasteiger partial charge in [0.2, 0.25) is 0 Å². The molecule has 0 amide bonds. The van der Waals surface area contributed by atoms with Crippen LogP contribution in [0.2, 0.25) is 0 Å². The number of aryl methyl sites for hydroxylation is 1. The van der Waals surface area contributed by atoms with Gasteiger partial charge in [0.1, 0.15) is 0 Å². The topological polar surface area (TPSA) is 73.1 Å². The van der Waals surface area contributed by atoms with E-state index in [9.17, 15) is 9.59 Å². The molecule has 0 bridgehead atoms. The summed E-state index contributed by atoms with van der Waals surface area (Å²) in [5, 5.41) is 0. The van der Waals surface area contributed by atoms with Crippen LogP contribution >= 0.6 is 11.3 Å². The van der Waals surface area contributed by atoms with E-state index in [4.69, 9.17) is 5.73 Å². The van der Waals surface area contributed by atoms with Gasteiger partial charge >= 0.3 is 0 Å². The summed E-state index contributed by atoms with van der Waals surface area (Å²) in [5.74, 6) is -0.0822. The maximum absolute atomic E-state index is 12.0. The molecule has 98 valence electrons. The van der Waals surface area contributed by atoms with E-state index in [-0.39, 0.29) is 18.1 Å². The second kappa shape index (κ2) is 6.36. The third-order valence-electron chi connectivity index (χ3n) is 2.70. The lowest BCUT2D eigenvalue weighted by atomic mass is 10.1. The van der Waals surface area contributed by atoms with Crippen LogP contribution in [0.1, 0.15) is 31.3 Å². The first-order valence-corrected chi connectivity index (χ1v) is 6.77. The number of hydrogen-bond acceptors (Lipinski definition) is 5. The van der Waals surface area contributed by atoms with Gasteiger partial charge in [0.15, 0.2) is 11.6 Å². The number of carbonyl (C=O) groups excluding carboxylic acids is 2. The molecule has 5 heteroatoms. The highest BCUT2D eigenvalue weighted by Crippen LogP contribution is 2.19. The summed E-state index contributed by atoms with van der Waals surface area (Å²) >= 11 is 1.21. The highest BCUT2D eigenvalue weighted by atomic mass is 32.1. The fourth-order valence-electron chi connectivity index (χ4n) is 1.67. The van der Waals surface area contributed by atoms with Gasteiger partial charge in [-0.2, -0.15) is 0 Å². The number of hydrogen-bond donors (Lipinski definition) is 1. The molecule has 2 N–H and O–H groups in total. The SMILES string of the molecule is NCC(=O)c1ccc(C(=O)CCc2cccnc2)s1. The molecule has 0 aliphatic heterocycles. The fourth-order valence-corrected chi connectivity index (χ4v) is 2.59. The number of Topliss-reactive ketones (excluding diaryl/α,β-unsaturated/α-hetero) is 2. The van der Waals surface area contributed by atoms with Gasteiger partial charge in [0.05, 0.1) is 16.3 Å². The molecule has 0 unspecified atom stereocenters. The van der Waals surface area contributed by atoms with E-state index in [0.29, 0.717) is 22.6 Å². The molecule has 0 aromatic carbocycles. The van der Waals surface area contributed by atoms with Crippen LogP contribution < -0.4 is 5.73 Å². The van der Waals surface area contributed by atoms with Crippen molar-refractivity contribution >= 4 is 22.9 Å². The largest absolute Gasteiger partial charge is 0.324 e. The number of nitrogens with zero attached hydrogens (tertiary/aromatic N) is 1. The van der Waals surface area contributed by atoms with Crippen molar-refractivity contribution < 1.29 is 9.59 Å². The average Bonchev–Trinajstić information content (AvgIpc) is 2.95. The summed E-state index contributed by atoms with van der Waals surface area (Å²) in [4.78, 5) is 28.6. The van der Waals surface area contributed by atoms with Crippen molar-refractivity contribution in [1.29, 1.82) is 0 Å². The highest BCUT2D eigenvalue weighted by molar-refractivity contribution is 7.16. The Labute approximate surface area is 115 Å². The minimum absolute atomic E-state index is 0.0240. The van der Waals surface area contributed by atoms with E-state index in [0.717, 1.165) is 5.56 Å². The Morgan fingerprint density at radius 3 is 2.53 bits per heavy atom. The summed E-state index contributed by atoms with van der Waals surface area (Å²) in [6.45, 7) is -0.0240. The minimum atomic E-state index is -0.128. The van der Waals surface area contributed by atoms with Crippen molar-refractivity contribution in [1.82, 2.24) is 4.98 Å². The Hall–Kier alpha value is -1.85. The Bertz CT molecular complexity index is 578. The molecule has 0 fully saturated rings.